The Morgan fingerprint density at radius 2 is 1.93 bits per heavy atom. The summed E-state index contributed by atoms with van der Waals surface area (Å²) in [6.45, 7) is 0.514. The van der Waals surface area contributed by atoms with Crippen LogP contribution < -0.4 is 10.2 Å². The SMILES string of the molecule is O=C(Nc1ccc2c(c1)N(C(=O)c1ccco1)CC2)c1ccccc1SC(F)F. The Morgan fingerprint density at radius 1 is 1.10 bits per heavy atom. The molecule has 1 aliphatic rings. The number of fused-ring (bicyclic) bond motifs is 1. The molecule has 8 heteroatoms. The van der Waals surface area contributed by atoms with Crippen molar-refractivity contribution in [3.63, 3.8) is 0 Å². The van der Waals surface area contributed by atoms with Crippen LogP contribution in [0.2, 0.25) is 0 Å². The average Bonchev–Trinajstić information content (AvgIpc) is 3.37. The zero-order chi connectivity index (χ0) is 20.4. The Bertz CT molecular complexity index is 1050. The number of carbonyl (C=O) groups is 2. The third-order valence-electron chi connectivity index (χ3n) is 4.56. The Kier molecular flexibility index (Phi) is 5.35. The van der Waals surface area contributed by atoms with Crippen molar-refractivity contribution in [1.29, 1.82) is 0 Å². The number of hydrogen-bond acceptors (Lipinski definition) is 4. The minimum absolute atomic E-state index is 0.168. The number of carbonyl (C=O) groups excluding carboxylic acids is 2. The number of hydrogen-bond donors (Lipinski definition) is 1. The minimum atomic E-state index is -2.62. The van der Waals surface area contributed by atoms with Crippen LogP contribution in [0.25, 0.3) is 0 Å². The van der Waals surface area contributed by atoms with E-state index in [1.165, 1.54) is 18.4 Å². The topological polar surface area (TPSA) is 62.6 Å². The van der Waals surface area contributed by atoms with Gasteiger partial charge in [0.15, 0.2) is 5.76 Å². The van der Waals surface area contributed by atoms with Gasteiger partial charge in [0.2, 0.25) is 0 Å². The molecule has 2 amide bonds. The molecule has 0 atom stereocenters. The first-order chi connectivity index (χ1) is 14.0. The highest BCUT2D eigenvalue weighted by molar-refractivity contribution is 7.99. The van der Waals surface area contributed by atoms with Crippen molar-refractivity contribution in [2.75, 3.05) is 16.8 Å². The second kappa shape index (κ2) is 8.08. The molecule has 0 saturated carbocycles. The molecule has 1 N–H and O–H groups in total. The van der Waals surface area contributed by atoms with Gasteiger partial charge in [0.25, 0.3) is 17.6 Å². The summed E-state index contributed by atoms with van der Waals surface area (Å²) in [5.74, 6) is -3.12. The second-order valence-electron chi connectivity index (χ2n) is 6.36. The highest BCUT2D eigenvalue weighted by atomic mass is 32.2. The Balaban J connectivity index is 1.57. The van der Waals surface area contributed by atoms with Gasteiger partial charge in [-0.15, -0.1) is 0 Å². The van der Waals surface area contributed by atoms with Crippen molar-refractivity contribution in [3.05, 3.63) is 77.7 Å². The minimum Gasteiger partial charge on any atom is -0.459 e. The molecule has 0 saturated heterocycles. The summed E-state index contributed by atoms with van der Waals surface area (Å²) in [7, 11) is 0. The fraction of sp³-hybridized carbons (Fsp3) is 0.143. The molecule has 2 aromatic carbocycles. The van der Waals surface area contributed by atoms with Crippen LogP contribution in [-0.4, -0.2) is 24.1 Å². The van der Waals surface area contributed by atoms with Gasteiger partial charge in [0.05, 0.1) is 11.8 Å². The summed E-state index contributed by atoms with van der Waals surface area (Å²) in [5, 5.41) is 2.74. The van der Waals surface area contributed by atoms with Crippen molar-refractivity contribution in [3.8, 4) is 0 Å². The molecule has 29 heavy (non-hydrogen) atoms. The van der Waals surface area contributed by atoms with E-state index in [1.807, 2.05) is 6.07 Å². The number of benzene rings is 2. The maximum atomic E-state index is 12.8. The van der Waals surface area contributed by atoms with Crippen LogP contribution in [0, 0.1) is 0 Å². The van der Waals surface area contributed by atoms with Crippen LogP contribution in [0.5, 0.6) is 0 Å². The fourth-order valence-electron chi connectivity index (χ4n) is 3.25. The van der Waals surface area contributed by atoms with Gasteiger partial charge in [0.1, 0.15) is 0 Å². The molecule has 148 valence electrons. The van der Waals surface area contributed by atoms with E-state index in [1.54, 1.807) is 41.3 Å². The van der Waals surface area contributed by atoms with Gasteiger partial charge in [-0.2, -0.15) is 8.78 Å². The fourth-order valence-corrected chi connectivity index (χ4v) is 3.89. The van der Waals surface area contributed by atoms with Gasteiger partial charge < -0.3 is 14.6 Å². The van der Waals surface area contributed by atoms with E-state index >= 15 is 0 Å². The third kappa shape index (κ3) is 4.02. The Labute approximate surface area is 169 Å². The maximum Gasteiger partial charge on any atom is 0.293 e. The molecule has 3 aromatic rings. The zero-order valence-corrected chi connectivity index (χ0v) is 15.9. The van der Waals surface area contributed by atoms with E-state index in [9.17, 15) is 18.4 Å². The van der Waals surface area contributed by atoms with Crippen molar-refractivity contribution in [2.45, 2.75) is 17.1 Å². The van der Waals surface area contributed by atoms with Crippen LogP contribution in [0.15, 0.2) is 70.2 Å². The van der Waals surface area contributed by atoms with E-state index in [4.69, 9.17) is 4.42 Å². The quantitative estimate of drug-likeness (QED) is 0.594. The summed E-state index contributed by atoms with van der Waals surface area (Å²) < 4.78 is 30.7. The lowest BCUT2D eigenvalue weighted by Crippen LogP contribution is -2.28. The van der Waals surface area contributed by atoms with Crippen molar-refractivity contribution in [1.82, 2.24) is 0 Å². The monoisotopic (exact) mass is 414 g/mol. The number of alkyl halides is 2. The van der Waals surface area contributed by atoms with E-state index in [2.05, 4.69) is 5.32 Å². The number of rotatable bonds is 5. The molecule has 0 bridgehead atoms. The lowest BCUT2D eigenvalue weighted by Gasteiger charge is -2.17. The number of furan rings is 1. The molecular weight excluding hydrogens is 398 g/mol. The van der Waals surface area contributed by atoms with Gasteiger partial charge in [-0.3, -0.25) is 9.59 Å². The number of amides is 2. The molecule has 0 spiro atoms. The standard InChI is InChI=1S/C21H16F2N2O3S/c22-21(23)29-18-6-2-1-4-15(18)19(26)24-14-8-7-13-9-10-25(16(13)12-14)20(27)17-5-3-11-28-17/h1-8,11-12,21H,9-10H2,(H,24,26). The normalized spacial score (nSPS) is 12.9. The average molecular weight is 414 g/mol. The zero-order valence-electron chi connectivity index (χ0n) is 15.1. The highest BCUT2D eigenvalue weighted by Crippen LogP contribution is 2.33. The van der Waals surface area contributed by atoms with Crippen LogP contribution in [0.3, 0.4) is 0 Å². The second-order valence-corrected chi connectivity index (χ2v) is 7.39. The van der Waals surface area contributed by atoms with Gasteiger partial charge >= 0.3 is 0 Å². The maximum absolute atomic E-state index is 12.8. The molecule has 0 unspecified atom stereocenters. The number of halogens is 2. The number of nitrogens with one attached hydrogen (secondary N) is 1. The van der Waals surface area contributed by atoms with Gasteiger partial charge in [-0.1, -0.05) is 30.0 Å². The lowest BCUT2D eigenvalue weighted by atomic mass is 10.1. The predicted octanol–water partition coefficient (Wildman–Crippen LogP) is 5.05. The van der Waals surface area contributed by atoms with Crippen LogP contribution in [0.1, 0.15) is 26.5 Å². The highest BCUT2D eigenvalue weighted by Gasteiger charge is 2.27. The molecule has 2 heterocycles. The van der Waals surface area contributed by atoms with E-state index in [-0.39, 0.29) is 22.1 Å². The largest absolute Gasteiger partial charge is 0.459 e. The first-order valence-electron chi connectivity index (χ1n) is 8.86. The molecule has 0 aliphatic carbocycles. The number of thioether (sulfide) groups is 1. The molecular formula is C21H16F2N2O3S. The summed E-state index contributed by atoms with van der Waals surface area (Å²) in [6.07, 6.45) is 2.14. The van der Waals surface area contributed by atoms with Crippen molar-refractivity contribution < 1.29 is 22.8 Å². The first kappa shape index (κ1) is 19.2. The molecule has 1 aromatic heterocycles. The summed E-state index contributed by atoms with van der Waals surface area (Å²) in [5.41, 5.74) is 2.32. The molecule has 4 rings (SSSR count). The van der Waals surface area contributed by atoms with E-state index in [0.29, 0.717) is 36.1 Å². The van der Waals surface area contributed by atoms with Crippen molar-refractivity contribution in [2.24, 2.45) is 0 Å². The van der Waals surface area contributed by atoms with Gasteiger partial charge in [0, 0.05) is 22.8 Å². The number of nitrogens with zero attached hydrogens (tertiary/aromatic N) is 1. The van der Waals surface area contributed by atoms with Crippen LogP contribution in [-0.2, 0) is 6.42 Å². The van der Waals surface area contributed by atoms with Crippen LogP contribution >= 0.6 is 11.8 Å². The summed E-state index contributed by atoms with van der Waals surface area (Å²) in [4.78, 5) is 27.1. The Morgan fingerprint density at radius 3 is 2.69 bits per heavy atom. The Hall–Kier alpha value is -3.13. The smallest absolute Gasteiger partial charge is 0.293 e. The van der Waals surface area contributed by atoms with Crippen LogP contribution in [0.4, 0.5) is 20.2 Å². The van der Waals surface area contributed by atoms with Gasteiger partial charge in [-0.25, -0.2) is 0 Å². The summed E-state index contributed by atoms with van der Waals surface area (Å²) in [6, 6.07) is 14.8. The predicted molar refractivity (Wildman–Crippen MR) is 107 cm³/mol. The van der Waals surface area contributed by atoms with Crippen molar-refractivity contribution >= 4 is 35.0 Å². The first-order valence-corrected chi connectivity index (χ1v) is 9.74. The molecule has 1 aliphatic heterocycles. The van der Waals surface area contributed by atoms with E-state index < -0.39 is 11.7 Å². The molecule has 0 fully saturated rings. The summed E-state index contributed by atoms with van der Waals surface area (Å²) >= 11 is 0.329. The number of anilines is 2. The molecule has 0 radical (unpaired) electrons. The molecule has 5 nitrogen and oxygen atoms in total. The van der Waals surface area contributed by atoms with E-state index in [0.717, 1.165) is 5.56 Å². The third-order valence-corrected chi connectivity index (χ3v) is 5.35. The lowest BCUT2D eigenvalue weighted by molar-refractivity contribution is 0.0962. The van der Waals surface area contributed by atoms with Gasteiger partial charge in [-0.05, 0) is 48.4 Å².